The van der Waals surface area contributed by atoms with Crippen molar-refractivity contribution >= 4 is 0 Å². The first kappa shape index (κ1) is 24.9. The van der Waals surface area contributed by atoms with E-state index < -0.39 is 0 Å². The van der Waals surface area contributed by atoms with Gasteiger partial charge in [-0.3, -0.25) is 4.98 Å². The molecule has 1 rings (SSSR count). The molecule has 0 aliphatic carbocycles. The van der Waals surface area contributed by atoms with E-state index in [1.165, 1.54) is 48.1 Å². The van der Waals surface area contributed by atoms with Crippen LogP contribution in [0.15, 0.2) is 24.4 Å². The van der Waals surface area contributed by atoms with Crippen molar-refractivity contribution in [3.63, 3.8) is 0 Å². The fourth-order valence-corrected chi connectivity index (χ4v) is 4.90. The van der Waals surface area contributed by atoms with Crippen molar-refractivity contribution in [3.8, 4) is 0 Å². The number of aryl methyl sites for hydroxylation is 1. The largest absolute Gasteiger partial charge is 0.261 e. The fraction of sp³-hybridized carbons (Fsp3) is 0.741. The number of aromatic nitrogens is 1. The smallest absolute Gasteiger partial charge is 0.0466 e. The third-order valence-electron chi connectivity index (χ3n) is 7.11. The molecule has 1 aromatic rings. The summed E-state index contributed by atoms with van der Waals surface area (Å²) in [4.78, 5) is 4.76. The van der Waals surface area contributed by atoms with Gasteiger partial charge in [0.1, 0.15) is 0 Å². The Labute approximate surface area is 176 Å². The van der Waals surface area contributed by atoms with E-state index in [0.717, 1.165) is 12.8 Å². The maximum atomic E-state index is 4.76. The molecule has 0 spiro atoms. The summed E-state index contributed by atoms with van der Waals surface area (Å²) in [6, 6.07) is 2.17. The van der Waals surface area contributed by atoms with E-state index in [1.54, 1.807) is 0 Å². The first-order valence-electron chi connectivity index (χ1n) is 11.7. The lowest BCUT2D eigenvalue weighted by molar-refractivity contribution is 0.244. The average molecular weight is 386 g/mol. The lowest BCUT2D eigenvalue weighted by Crippen LogP contribution is -2.21. The Kier molecular flexibility index (Phi) is 9.95. The highest BCUT2D eigenvalue weighted by atomic mass is 14.7. The molecular weight excluding hydrogens is 338 g/mol. The van der Waals surface area contributed by atoms with E-state index in [1.807, 2.05) is 6.20 Å². The summed E-state index contributed by atoms with van der Waals surface area (Å²) in [7, 11) is 0. The van der Waals surface area contributed by atoms with E-state index in [9.17, 15) is 0 Å². The van der Waals surface area contributed by atoms with Crippen molar-refractivity contribution in [3.05, 3.63) is 41.2 Å². The maximum Gasteiger partial charge on any atom is 0.0466 e. The highest BCUT2D eigenvalue weighted by molar-refractivity contribution is 5.31. The predicted molar refractivity (Wildman–Crippen MR) is 126 cm³/mol. The molecule has 0 radical (unpaired) electrons. The number of unbranched alkanes of at least 4 members (excludes halogenated alkanes) is 1. The summed E-state index contributed by atoms with van der Waals surface area (Å²) in [5.74, 6) is 2.22. The third-order valence-corrected chi connectivity index (χ3v) is 7.11. The van der Waals surface area contributed by atoms with E-state index in [-0.39, 0.29) is 0 Å². The number of rotatable bonds is 12. The Balaban J connectivity index is 2.74. The molecule has 0 saturated heterocycles. The normalized spacial score (nSPS) is 16.5. The molecule has 0 aliphatic rings. The molecular formula is C27H47N. The topological polar surface area (TPSA) is 12.9 Å². The minimum Gasteiger partial charge on any atom is -0.261 e. The molecule has 1 heteroatoms. The highest BCUT2D eigenvalue weighted by Crippen LogP contribution is 2.38. The van der Waals surface area contributed by atoms with Crippen LogP contribution in [0.4, 0.5) is 0 Å². The number of nitrogens with zero attached hydrogens (tertiary/aromatic N) is 1. The molecule has 0 aromatic carbocycles. The molecule has 0 saturated carbocycles. The molecule has 0 fully saturated rings. The Morgan fingerprint density at radius 1 is 1.14 bits per heavy atom. The summed E-state index contributed by atoms with van der Waals surface area (Å²) < 4.78 is 0. The number of hydrogen-bond donors (Lipinski definition) is 0. The lowest BCUT2D eigenvalue weighted by Gasteiger charge is -2.32. The Morgan fingerprint density at radius 2 is 1.79 bits per heavy atom. The zero-order valence-corrected chi connectivity index (χ0v) is 20.4. The molecule has 0 bridgehead atoms. The quantitative estimate of drug-likeness (QED) is 0.328. The molecule has 1 nitrogen and oxygen atoms in total. The molecule has 0 aliphatic heterocycles. The second kappa shape index (κ2) is 11.2. The minimum absolute atomic E-state index is 0.444. The van der Waals surface area contributed by atoms with Crippen LogP contribution in [0.25, 0.3) is 0 Å². The van der Waals surface area contributed by atoms with Crippen LogP contribution < -0.4 is 0 Å². The lowest BCUT2D eigenvalue weighted by atomic mass is 9.74. The van der Waals surface area contributed by atoms with Crippen LogP contribution in [0.1, 0.15) is 110 Å². The van der Waals surface area contributed by atoms with Crippen molar-refractivity contribution in [2.24, 2.45) is 23.2 Å². The second-order valence-corrected chi connectivity index (χ2v) is 10.2. The molecule has 1 heterocycles. The van der Waals surface area contributed by atoms with Gasteiger partial charge in [0.05, 0.1) is 0 Å². The van der Waals surface area contributed by atoms with Gasteiger partial charge in [-0.15, -0.1) is 0 Å². The van der Waals surface area contributed by atoms with E-state index in [4.69, 9.17) is 4.98 Å². The Hall–Kier alpha value is -1.11. The minimum atomic E-state index is 0.444. The molecule has 0 amide bonds. The number of hydrogen-bond acceptors (Lipinski definition) is 1. The molecule has 160 valence electrons. The van der Waals surface area contributed by atoms with Gasteiger partial charge in [0.15, 0.2) is 0 Å². The van der Waals surface area contributed by atoms with E-state index in [0.29, 0.717) is 29.1 Å². The number of allylic oxidation sites excluding steroid dienone is 1. The van der Waals surface area contributed by atoms with Crippen molar-refractivity contribution in [2.75, 3.05) is 0 Å². The summed E-state index contributed by atoms with van der Waals surface area (Å²) >= 11 is 0. The van der Waals surface area contributed by atoms with E-state index >= 15 is 0 Å². The standard InChI is InChI=1S/C27H47N/c1-11-13-15-27(9,10)18-19(3)17-20(4)21(5)22(6)23(7)26-24(8)25(12-2)14-16-28-26/h14,16,19,21-23H,4,11-13,15,17-18H2,1-3,5-10H3. The average Bonchev–Trinajstić information content (AvgIpc) is 2.64. The fourth-order valence-electron chi connectivity index (χ4n) is 4.90. The first-order valence-corrected chi connectivity index (χ1v) is 11.7. The van der Waals surface area contributed by atoms with E-state index in [2.05, 4.69) is 75.0 Å². The summed E-state index contributed by atoms with van der Waals surface area (Å²) in [5.41, 5.74) is 5.95. The molecule has 0 N–H and O–H groups in total. The SMILES string of the molecule is C=C(CC(C)CC(C)(C)CCCC)C(C)C(C)C(C)c1nccc(CC)c1C. The van der Waals surface area contributed by atoms with Gasteiger partial charge in [0, 0.05) is 17.8 Å². The summed E-state index contributed by atoms with van der Waals surface area (Å²) in [6.07, 6.45) is 9.48. The van der Waals surface area contributed by atoms with Crippen LogP contribution in [0.3, 0.4) is 0 Å². The molecule has 1 aromatic heterocycles. The van der Waals surface area contributed by atoms with Gasteiger partial charge in [0.2, 0.25) is 0 Å². The Bertz CT molecular complexity index is 613. The van der Waals surface area contributed by atoms with Gasteiger partial charge < -0.3 is 0 Å². The van der Waals surface area contributed by atoms with Gasteiger partial charge in [-0.05, 0) is 73.0 Å². The summed E-state index contributed by atoms with van der Waals surface area (Å²) in [6.45, 7) is 25.7. The van der Waals surface area contributed by atoms with Crippen LogP contribution in [0.2, 0.25) is 0 Å². The number of pyridine rings is 1. The second-order valence-electron chi connectivity index (χ2n) is 10.2. The zero-order chi connectivity index (χ0) is 21.5. The molecule has 4 atom stereocenters. The monoisotopic (exact) mass is 385 g/mol. The van der Waals surface area contributed by atoms with Crippen molar-refractivity contribution in [1.29, 1.82) is 0 Å². The van der Waals surface area contributed by atoms with Gasteiger partial charge >= 0.3 is 0 Å². The van der Waals surface area contributed by atoms with Gasteiger partial charge in [-0.2, -0.15) is 0 Å². The highest BCUT2D eigenvalue weighted by Gasteiger charge is 2.27. The van der Waals surface area contributed by atoms with Crippen LogP contribution in [-0.4, -0.2) is 4.98 Å². The van der Waals surface area contributed by atoms with Crippen molar-refractivity contribution in [2.45, 2.75) is 107 Å². The first-order chi connectivity index (χ1) is 13.0. The van der Waals surface area contributed by atoms with Crippen molar-refractivity contribution < 1.29 is 0 Å². The molecule has 28 heavy (non-hydrogen) atoms. The van der Waals surface area contributed by atoms with Gasteiger partial charge in [-0.25, -0.2) is 0 Å². The summed E-state index contributed by atoms with van der Waals surface area (Å²) in [5, 5.41) is 0. The molecule has 4 unspecified atom stereocenters. The van der Waals surface area contributed by atoms with Crippen molar-refractivity contribution in [1.82, 2.24) is 4.98 Å². The Morgan fingerprint density at radius 3 is 2.36 bits per heavy atom. The van der Waals surface area contributed by atoms with Crippen LogP contribution in [0.5, 0.6) is 0 Å². The van der Waals surface area contributed by atoms with Crippen LogP contribution in [0, 0.1) is 30.1 Å². The third kappa shape index (κ3) is 7.05. The van der Waals surface area contributed by atoms with Crippen LogP contribution >= 0.6 is 0 Å². The zero-order valence-electron chi connectivity index (χ0n) is 20.4. The predicted octanol–water partition coefficient (Wildman–Crippen LogP) is 8.52. The van der Waals surface area contributed by atoms with Gasteiger partial charge in [-0.1, -0.05) is 80.4 Å². The van der Waals surface area contributed by atoms with Crippen LogP contribution in [-0.2, 0) is 6.42 Å². The maximum absolute atomic E-state index is 4.76. The van der Waals surface area contributed by atoms with Gasteiger partial charge in [0.25, 0.3) is 0 Å².